The molecule has 25 heavy (non-hydrogen) atoms. The minimum Gasteiger partial charge on any atom is -0.353 e. The number of hydrogen-bond acceptors (Lipinski definition) is 6. The van der Waals surface area contributed by atoms with E-state index in [1.165, 1.54) is 6.33 Å². The molecule has 0 radical (unpaired) electrons. The van der Waals surface area contributed by atoms with Gasteiger partial charge in [-0.15, -0.1) is 0 Å². The van der Waals surface area contributed by atoms with Gasteiger partial charge in [0.15, 0.2) is 0 Å². The van der Waals surface area contributed by atoms with Crippen LogP contribution in [0.25, 0.3) is 0 Å². The first-order valence-electron chi connectivity index (χ1n) is 8.56. The van der Waals surface area contributed by atoms with Crippen molar-refractivity contribution in [2.75, 3.05) is 18.4 Å². The smallest absolute Gasteiger partial charge is 0.255 e. The van der Waals surface area contributed by atoms with Crippen LogP contribution in [-0.2, 0) is 11.2 Å². The van der Waals surface area contributed by atoms with Gasteiger partial charge in [0.1, 0.15) is 12.2 Å². The van der Waals surface area contributed by atoms with E-state index in [2.05, 4.69) is 30.5 Å². The van der Waals surface area contributed by atoms with Crippen LogP contribution < -0.4 is 10.9 Å². The lowest BCUT2D eigenvalue weighted by molar-refractivity contribution is -0.131. The Labute approximate surface area is 145 Å². The van der Waals surface area contributed by atoms with E-state index >= 15 is 0 Å². The van der Waals surface area contributed by atoms with Gasteiger partial charge in [0.25, 0.3) is 5.56 Å². The lowest BCUT2D eigenvalue weighted by Gasteiger charge is -2.21. The van der Waals surface area contributed by atoms with E-state index in [0.717, 1.165) is 31.6 Å². The molecule has 0 bridgehead atoms. The van der Waals surface area contributed by atoms with Crippen LogP contribution in [0.2, 0.25) is 0 Å². The second kappa shape index (κ2) is 7.91. The summed E-state index contributed by atoms with van der Waals surface area (Å²) in [6.07, 6.45) is 6.70. The highest BCUT2D eigenvalue weighted by Crippen LogP contribution is 2.15. The zero-order valence-electron chi connectivity index (χ0n) is 14.3. The number of anilines is 1. The Bertz CT molecular complexity index is 756. The first-order valence-corrected chi connectivity index (χ1v) is 8.56. The van der Waals surface area contributed by atoms with Crippen LogP contribution in [0.5, 0.6) is 0 Å². The van der Waals surface area contributed by atoms with Gasteiger partial charge < -0.3 is 10.2 Å². The molecule has 134 valence electrons. The zero-order chi connectivity index (χ0) is 17.6. The molecule has 0 aromatic carbocycles. The van der Waals surface area contributed by atoms with Gasteiger partial charge in [-0.3, -0.25) is 19.7 Å². The van der Waals surface area contributed by atoms with Crippen molar-refractivity contribution in [2.24, 2.45) is 0 Å². The molecular weight excluding hydrogens is 322 g/mol. The SMILES string of the molecule is Cc1cnc(NC2CCCN(C(=O)CCc3ncn[nH]3)CC2)[nH]c1=O. The molecule has 1 unspecified atom stereocenters. The molecule has 1 atom stereocenters. The highest BCUT2D eigenvalue weighted by Gasteiger charge is 2.21. The summed E-state index contributed by atoms with van der Waals surface area (Å²) in [5.74, 6) is 1.36. The third kappa shape index (κ3) is 4.65. The molecule has 1 amide bonds. The summed E-state index contributed by atoms with van der Waals surface area (Å²) in [6, 6.07) is 0.193. The first kappa shape index (κ1) is 17.1. The lowest BCUT2D eigenvalue weighted by atomic mass is 10.1. The Morgan fingerprint density at radius 2 is 2.24 bits per heavy atom. The Kier molecular flexibility index (Phi) is 5.42. The van der Waals surface area contributed by atoms with Crippen LogP contribution in [-0.4, -0.2) is 55.1 Å². The lowest BCUT2D eigenvalue weighted by Crippen LogP contribution is -2.33. The third-order valence-electron chi connectivity index (χ3n) is 4.44. The fourth-order valence-corrected chi connectivity index (χ4v) is 2.95. The molecule has 3 heterocycles. The van der Waals surface area contributed by atoms with E-state index in [-0.39, 0.29) is 17.5 Å². The van der Waals surface area contributed by atoms with Crippen molar-refractivity contribution in [1.82, 2.24) is 30.0 Å². The largest absolute Gasteiger partial charge is 0.353 e. The molecule has 9 nitrogen and oxygen atoms in total. The van der Waals surface area contributed by atoms with Crippen molar-refractivity contribution in [1.29, 1.82) is 0 Å². The molecule has 2 aromatic rings. The zero-order valence-corrected chi connectivity index (χ0v) is 14.3. The summed E-state index contributed by atoms with van der Waals surface area (Å²) in [7, 11) is 0. The van der Waals surface area contributed by atoms with E-state index in [4.69, 9.17) is 0 Å². The number of carbonyl (C=O) groups excluding carboxylic acids is 1. The Balaban J connectivity index is 1.50. The fourth-order valence-electron chi connectivity index (χ4n) is 2.95. The molecule has 3 rings (SSSR count). The number of aryl methyl sites for hydroxylation is 2. The second-order valence-electron chi connectivity index (χ2n) is 6.33. The van der Waals surface area contributed by atoms with E-state index < -0.39 is 0 Å². The highest BCUT2D eigenvalue weighted by molar-refractivity contribution is 5.76. The molecule has 3 N–H and O–H groups in total. The average molecular weight is 345 g/mol. The number of likely N-dealkylation sites (tertiary alicyclic amines) is 1. The molecule has 9 heteroatoms. The maximum atomic E-state index is 12.4. The van der Waals surface area contributed by atoms with Crippen molar-refractivity contribution in [3.8, 4) is 0 Å². The van der Waals surface area contributed by atoms with E-state index in [9.17, 15) is 9.59 Å². The highest BCUT2D eigenvalue weighted by atomic mass is 16.2. The summed E-state index contributed by atoms with van der Waals surface area (Å²) in [5, 5.41) is 9.84. The number of nitrogens with zero attached hydrogens (tertiary/aromatic N) is 4. The van der Waals surface area contributed by atoms with Crippen molar-refractivity contribution in [3.63, 3.8) is 0 Å². The topological polar surface area (TPSA) is 120 Å². The maximum Gasteiger partial charge on any atom is 0.255 e. The van der Waals surface area contributed by atoms with Crippen molar-refractivity contribution in [3.05, 3.63) is 34.3 Å². The Morgan fingerprint density at radius 3 is 3.00 bits per heavy atom. The van der Waals surface area contributed by atoms with Crippen molar-refractivity contribution in [2.45, 2.75) is 45.1 Å². The molecular formula is C16H23N7O2. The van der Waals surface area contributed by atoms with Crippen LogP contribution in [0.3, 0.4) is 0 Å². The molecule has 0 aliphatic carbocycles. The number of amides is 1. The predicted molar refractivity (Wildman–Crippen MR) is 92.1 cm³/mol. The first-order chi connectivity index (χ1) is 12.1. The van der Waals surface area contributed by atoms with Gasteiger partial charge in [0.2, 0.25) is 11.9 Å². The molecule has 0 saturated carbocycles. The predicted octanol–water partition coefficient (Wildman–Crippen LogP) is 0.622. The number of hydrogen-bond donors (Lipinski definition) is 3. The second-order valence-corrected chi connectivity index (χ2v) is 6.33. The van der Waals surface area contributed by atoms with E-state index in [1.54, 1.807) is 13.1 Å². The molecule has 0 spiro atoms. The monoisotopic (exact) mass is 345 g/mol. The molecule has 1 aliphatic heterocycles. The molecule has 1 saturated heterocycles. The summed E-state index contributed by atoms with van der Waals surface area (Å²) >= 11 is 0. The summed E-state index contributed by atoms with van der Waals surface area (Å²) in [4.78, 5) is 36.9. The van der Waals surface area contributed by atoms with Crippen molar-refractivity contribution < 1.29 is 4.79 Å². The quantitative estimate of drug-likeness (QED) is 0.731. The fraction of sp³-hybridized carbons (Fsp3) is 0.562. The van der Waals surface area contributed by atoms with Crippen LogP contribution in [0.4, 0.5) is 5.95 Å². The minimum absolute atomic E-state index is 0.129. The van der Waals surface area contributed by atoms with Crippen molar-refractivity contribution >= 4 is 11.9 Å². The molecule has 2 aromatic heterocycles. The van der Waals surface area contributed by atoms with Crippen LogP contribution in [0.1, 0.15) is 37.1 Å². The summed E-state index contributed by atoms with van der Waals surface area (Å²) < 4.78 is 0. The van der Waals surface area contributed by atoms with E-state index in [1.807, 2.05) is 4.90 Å². The van der Waals surface area contributed by atoms with Gasteiger partial charge in [0, 0.05) is 43.7 Å². The standard InChI is InChI=1S/C16H23N7O2/c1-11-9-17-16(21-15(11)25)20-12-3-2-7-23(8-6-12)14(24)5-4-13-18-10-19-22-13/h9-10,12H,2-8H2,1H3,(H,18,19,22)(H2,17,20,21,25). The summed E-state index contributed by atoms with van der Waals surface area (Å²) in [6.45, 7) is 3.18. The van der Waals surface area contributed by atoms with E-state index in [0.29, 0.717) is 30.9 Å². The maximum absolute atomic E-state index is 12.4. The molecule has 1 aliphatic rings. The number of rotatable bonds is 5. The number of H-pyrrole nitrogens is 2. The third-order valence-corrected chi connectivity index (χ3v) is 4.44. The van der Waals surface area contributed by atoms with Gasteiger partial charge >= 0.3 is 0 Å². The van der Waals surface area contributed by atoms with Gasteiger partial charge in [-0.05, 0) is 26.2 Å². The van der Waals surface area contributed by atoms with Gasteiger partial charge in [-0.1, -0.05) is 0 Å². The van der Waals surface area contributed by atoms with Crippen LogP contribution in [0, 0.1) is 6.92 Å². The van der Waals surface area contributed by atoms with Gasteiger partial charge in [-0.25, -0.2) is 9.97 Å². The number of aromatic amines is 2. The number of carbonyl (C=O) groups is 1. The average Bonchev–Trinajstić information content (AvgIpc) is 3.01. The van der Waals surface area contributed by atoms with Gasteiger partial charge in [-0.2, -0.15) is 5.10 Å². The minimum atomic E-state index is -0.129. The number of aromatic nitrogens is 5. The van der Waals surface area contributed by atoms with Crippen LogP contribution >= 0.6 is 0 Å². The van der Waals surface area contributed by atoms with Gasteiger partial charge in [0.05, 0.1) is 0 Å². The van der Waals surface area contributed by atoms with Crippen LogP contribution in [0.15, 0.2) is 17.3 Å². The Morgan fingerprint density at radius 1 is 1.36 bits per heavy atom. The molecule has 1 fully saturated rings. The number of nitrogens with one attached hydrogen (secondary N) is 3. The Hall–Kier alpha value is -2.71. The summed E-state index contributed by atoms with van der Waals surface area (Å²) in [5.41, 5.74) is 0.463. The normalized spacial score (nSPS) is 18.0.